The highest BCUT2D eigenvalue weighted by atomic mass is 35.5. The van der Waals surface area contributed by atoms with Gasteiger partial charge < -0.3 is 14.8 Å². The molecule has 1 heterocycles. The van der Waals surface area contributed by atoms with Gasteiger partial charge in [-0.3, -0.25) is 4.79 Å². The van der Waals surface area contributed by atoms with E-state index in [2.05, 4.69) is 5.32 Å². The molecule has 0 saturated carbocycles. The van der Waals surface area contributed by atoms with Crippen LogP contribution in [0.4, 0.5) is 0 Å². The van der Waals surface area contributed by atoms with Gasteiger partial charge in [0.15, 0.2) is 17.3 Å². The molecule has 0 aromatic heterocycles. The molecule has 2 aromatic carbocycles. The van der Waals surface area contributed by atoms with Gasteiger partial charge in [0.2, 0.25) is 10.0 Å². The lowest BCUT2D eigenvalue weighted by Crippen LogP contribution is -2.21. The van der Waals surface area contributed by atoms with Gasteiger partial charge in [0, 0.05) is 17.0 Å². The molecule has 2 aromatic rings. The molecule has 0 unspecified atom stereocenters. The maximum atomic E-state index is 12.6. The van der Waals surface area contributed by atoms with Crippen molar-refractivity contribution in [1.29, 1.82) is 0 Å². The molecule has 0 amide bonds. The number of rotatable bonds is 10. The van der Waals surface area contributed by atoms with Crippen LogP contribution >= 0.6 is 24.0 Å². The maximum Gasteiger partial charge on any atom is 0.241 e. The zero-order chi connectivity index (χ0) is 21.6. The number of nitrogens with one attached hydrogen (secondary N) is 1. The molecule has 3 N–H and O–H groups in total. The molecule has 0 bridgehead atoms. The Hall–Kier alpha value is -1.84. The fraction of sp³-hybridized carbons (Fsp3) is 0.381. The molecular formula is C21H26Cl2N2O5S. The molecule has 0 aliphatic carbocycles. The first-order valence-electron chi connectivity index (χ1n) is 9.80. The molecule has 0 radical (unpaired) electrons. The van der Waals surface area contributed by atoms with E-state index in [-0.39, 0.29) is 53.4 Å². The van der Waals surface area contributed by atoms with E-state index < -0.39 is 10.0 Å². The summed E-state index contributed by atoms with van der Waals surface area (Å²) in [7, 11) is -4.04. The highest BCUT2D eigenvalue weighted by molar-refractivity contribution is 7.89. The Bertz CT molecular complexity index is 1010. The largest absolute Gasteiger partial charge is 0.486 e. The van der Waals surface area contributed by atoms with Gasteiger partial charge in [0.25, 0.3) is 0 Å². The van der Waals surface area contributed by atoms with Crippen molar-refractivity contribution in [2.24, 2.45) is 5.14 Å². The third-order valence-electron chi connectivity index (χ3n) is 4.77. The fourth-order valence-electron chi connectivity index (χ4n) is 3.22. The summed E-state index contributed by atoms with van der Waals surface area (Å²) in [6.45, 7) is 2.10. The van der Waals surface area contributed by atoms with Crippen LogP contribution in [0.3, 0.4) is 0 Å². The van der Waals surface area contributed by atoms with Crippen LogP contribution in [-0.2, 0) is 16.4 Å². The van der Waals surface area contributed by atoms with Gasteiger partial charge in [-0.25, -0.2) is 13.6 Å². The lowest BCUT2D eigenvalue weighted by atomic mass is 10.0. The molecule has 1 aliphatic rings. The number of hydrogen-bond acceptors (Lipinski definition) is 6. The van der Waals surface area contributed by atoms with Crippen molar-refractivity contribution >= 4 is 39.8 Å². The van der Waals surface area contributed by atoms with Gasteiger partial charge in [0.1, 0.15) is 18.1 Å². The Morgan fingerprint density at radius 1 is 1.10 bits per heavy atom. The van der Waals surface area contributed by atoms with Gasteiger partial charge in [-0.1, -0.05) is 29.8 Å². The summed E-state index contributed by atoms with van der Waals surface area (Å²) in [4.78, 5) is 12.3. The van der Waals surface area contributed by atoms with Gasteiger partial charge in [-0.05, 0) is 56.1 Å². The quantitative estimate of drug-likeness (QED) is 0.392. The van der Waals surface area contributed by atoms with Crippen molar-refractivity contribution in [2.45, 2.75) is 30.6 Å². The minimum Gasteiger partial charge on any atom is -0.486 e. The second kappa shape index (κ2) is 11.7. The summed E-state index contributed by atoms with van der Waals surface area (Å²) in [6, 6.07) is 10.5. The Morgan fingerprint density at radius 2 is 1.84 bits per heavy atom. The average Bonchev–Trinajstić information content (AvgIpc) is 2.72. The number of hydrogen-bond donors (Lipinski definition) is 2. The normalized spacial score (nSPS) is 12.8. The van der Waals surface area contributed by atoms with Crippen LogP contribution in [-0.4, -0.2) is 40.5 Å². The highest BCUT2D eigenvalue weighted by Crippen LogP contribution is 2.37. The first-order valence-corrected chi connectivity index (χ1v) is 11.7. The van der Waals surface area contributed by atoms with E-state index in [1.807, 2.05) is 24.3 Å². The third kappa shape index (κ3) is 7.08. The Morgan fingerprint density at radius 3 is 2.58 bits per heavy atom. The van der Waals surface area contributed by atoms with Gasteiger partial charge in [-0.2, -0.15) is 0 Å². The van der Waals surface area contributed by atoms with Crippen molar-refractivity contribution in [2.75, 3.05) is 26.3 Å². The van der Waals surface area contributed by atoms with Gasteiger partial charge in [-0.15, -0.1) is 12.4 Å². The summed E-state index contributed by atoms with van der Waals surface area (Å²) in [5, 5.41) is 9.39. The molecule has 0 saturated heterocycles. The number of nitrogens with two attached hydrogens (primary N) is 1. The van der Waals surface area contributed by atoms with E-state index >= 15 is 0 Å². The van der Waals surface area contributed by atoms with Gasteiger partial charge >= 0.3 is 0 Å². The zero-order valence-corrected chi connectivity index (χ0v) is 19.3. The monoisotopic (exact) mass is 488 g/mol. The number of Topliss-reactive ketones (excluding diaryl/α,β-unsaturated/α-hetero) is 1. The lowest BCUT2D eigenvalue weighted by molar-refractivity contribution is 0.0977. The third-order valence-corrected chi connectivity index (χ3v) is 6.06. The summed E-state index contributed by atoms with van der Waals surface area (Å²) >= 11 is 6.14. The van der Waals surface area contributed by atoms with Crippen molar-refractivity contribution in [3.8, 4) is 11.5 Å². The van der Waals surface area contributed by atoms with Crippen LogP contribution in [0.15, 0.2) is 41.3 Å². The predicted octanol–water partition coefficient (Wildman–Crippen LogP) is 3.37. The number of fused-ring (bicyclic) bond motifs is 1. The topological polar surface area (TPSA) is 108 Å². The second-order valence-corrected chi connectivity index (χ2v) is 8.95. The zero-order valence-electron chi connectivity index (χ0n) is 16.9. The first-order chi connectivity index (χ1) is 14.4. The number of primary sulfonamides is 1. The minimum atomic E-state index is -4.04. The first kappa shape index (κ1) is 25.4. The number of sulfonamides is 1. The Kier molecular flexibility index (Phi) is 9.58. The van der Waals surface area contributed by atoms with Crippen molar-refractivity contribution in [3.63, 3.8) is 0 Å². The van der Waals surface area contributed by atoms with Gasteiger partial charge in [0.05, 0.1) is 0 Å². The summed E-state index contributed by atoms with van der Waals surface area (Å²) in [6.07, 6.45) is 2.64. The molecule has 10 heteroatoms. The number of ketones is 1. The molecule has 0 spiro atoms. The number of ether oxygens (including phenoxy) is 2. The van der Waals surface area contributed by atoms with Crippen molar-refractivity contribution < 1.29 is 22.7 Å². The van der Waals surface area contributed by atoms with E-state index in [0.717, 1.165) is 36.5 Å². The van der Waals surface area contributed by atoms with Crippen LogP contribution in [0.2, 0.25) is 5.02 Å². The summed E-state index contributed by atoms with van der Waals surface area (Å²) < 4.78 is 34.6. The molecule has 3 rings (SSSR count). The molecule has 0 atom stereocenters. The molecule has 0 fully saturated rings. The minimum absolute atomic E-state index is 0. The molecule has 170 valence electrons. The summed E-state index contributed by atoms with van der Waals surface area (Å²) in [5.74, 6) is 0.147. The van der Waals surface area contributed by atoms with Crippen molar-refractivity contribution in [3.05, 3.63) is 52.5 Å². The molecule has 31 heavy (non-hydrogen) atoms. The van der Waals surface area contributed by atoms with E-state index in [1.165, 1.54) is 12.1 Å². The van der Waals surface area contributed by atoms with Crippen LogP contribution in [0.25, 0.3) is 0 Å². The molecule has 7 nitrogen and oxygen atoms in total. The predicted molar refractivity (Wildman–Crippen MR) is 122 cm³/mol. The number of halogens is 2. The van der Waals surface area contributed by atoms with E-state index in [1.54, 1.807) is 0 Å². The standard InChI is InChI=1S/C21H25ClN2O5S.ClH/c22-17-6-2-1-5-15(17)8-10-24-9-4-3-7-18(25)16-13-19-21(29-12-11-28-19)20(14-16)30(23,26)27;/h1-2,5-6,13-14,24H,3-4,7-12H2,(H2,23,26,27);1H. The van der Waals surface area contributed by atoms with E-state index in [9.17, 15) is 13.2 Å². The number of carbonyl (C=O) groups excluding carboxylic acids is 1. The summed E-state index contributed by atoms with van der Waals surface area (Å²) in [5.41, 5.74) is 1.36. The van der Waals surface area contributed by atoms with Crippen LogP contribution in [0.1, 0.15) is 35.2 Å². The van der Waals surface area contributed by atoms with Crippen molar-refractivity contribution in [1.82, 2.24) is 5.32 Å². The molecular weight excluding hydrogens is 463 g/mol. The highest BCUT2D eigenvalue weighted by Gasteiger charge is 2.25. The number of carbonyl (C=O) groups is 1. The Balaban J connectivity index is 0.00000341. The SMILES string of the molecule is Cl.NS(=O)(=O)c1cc(C(=O)CCCCNCCc2ccccc2Cl)cc2c1OCCO2. The Labute approximate surface area is 193 Å². The number of benzene rings is 2. The number of unbranched alkanes of at least 4 members (excludes halogenated alkanes) is 1. The van der Waals surface area contributed by atoms with E-state index in [4.69, 9.17) is 26.2 Å². The smallest absolute Gasteiger partial charge is 0.241 e. The van der Waals surface area contributed by atoms with Crippen LogP contribution in [0, 0.1) is 0 Å². The molecule has 1 aliphatic heterocycles. The van der Waals surface area contributed by atoms with Crippen LogP contribution in [0.5, 0.6) is 11.5 Å². The second-order valence-electron chi connectivity index (χ2n) is 7.02. The average molecular weight is 489 g/mol. The van der Waals surface area contributed by atoms with Crippen LogP contribution < -0.4 is 19.9 Å². The van der Waals surface area contributed by atoms with E-state index in [0.29, 0.717) is 12.8 Å². The maximum absolute atomic E-state index is 12.6. The fourth-order valence-corrected chi connectivity index (χ4v) is 4.16. The lowest BCUT2D eigenvalue weighted by Gasteiger charge is -2.21.